The van der Waals surface area contributed by atoms with Crippen LogP contribution in [0.5, 0.6) is 0 Å². The van der Waals surface area contributed by atoms with E-state index >= 15 is 0 Å². The SMILES string of the molecule is CCC(C)(C)CC(C)(C)CN[C@H](C(=O)N1C[C@H](O)C[C@H]1C(=O)NCc1ccc(-c2scnc2C)cc1)C(C)(C)C. The van der Waals surface area contributed by atoms with Crippen molar-refractivity contribution >= 4 is 23.2 Å². The van der Waals surface area contributed by atoms with E-state index in [-0.39, 0.29) is 41.0 Å². The Kier molecular flexibility index (Phi) is 10.2. The third-order valence-corrected chi connectivity index (χ3v) is 9.08. The van der Waals surface area contributed by atoms with Crippen molar-refractivity contribution in [1.82, 2.24) is 20.5 Å². The molecule has 0 spiro atoms. The van der Waals surface area contributed by atoms with Gasteiger partial charge in [0.15, 0.2) is 0 Å². The normalized spacial score (nSPS) is 19.1. The lowest BCUT2D eigenvalue weighted by atomic mass is 9.73. The van der Waals surface area contributed by atoms with E-state index in [2.05, 4.69) is 50.2 Å². The zero-order valence-corrected chi connectivity index (χ0v) is 26.7. The Labute approximate surface area is 245 Å². The van der Waals surface area contributed by atoms with Gasteiger partial charge in [0, 0.05) is 26.1 Å². The summed E-state index contributed by atoms with van der Waals surface area (Å²) in [5.74, 6) is -0.357. The average Bonchev–Trinajstić information content (AvgIpc) is 3.46. The summed E-state index contributed by atoms with van der Waals surface area (Å²) in [7, 11) is 0. The maximum absolute atomic E-state index is 13.9. The number of aliphatic hydroxyl groups is 1. The monoisotopic (exact) mass is 570 g/mol. The average molecular weight is 571 g/mol. The Morgan fingerprint density at radius 1 is 1.10 bits per heavy atom. The lowest BCUT2D eigenvalue weighted by Gasteiger charge is -2.39. The second kappa shape index (κ2) is 12.7. The minimum atomic E-state index is -0.718. The molecule has 0 unspecified atom stereocenters. The van der Waals surface area contributed by atoms with Crippen molar-refractivity contribution in [3.8, 4) is 10.4 Å². The second-order valence-electron chi connectivity index (χ2n) is 14.1. The van der Waals surface area contributed by atoms with Crippen molar-refractivity contribution in [3.05, 3.63) is 41.0 Å². The summed E-state index contributed by atoms with van der Waals surface area (Å²) in [5.41, 5.74) is 4.78. The van der Waals surface area contributed by atoms with Crippen molar-refractivity contribution in [3.63, 3.8) is 0 Å². The predicted molar refractivity (Wildman–Crippen MR) is 164 cm³/mol. The van der Waals surface area contributed by atoms with Gasteiger partial charge in [-0.15, -0.1) is 11.3 Å². The summed E-state index contributed by atoms with van der Waals surface area (Å²) in [6, 6.07) is 6.92. The number of aromatic nitrogens is 1. The van der Waals surface area contributed by atoms with Crippen LogP contribution in [0.2, 0.25) is 0 Å². The molecule has 1 aliphatic heterocycles. The van der Waals surface area contributed by atoms with Gasteiger partial charge in [0.1, 0.15) is 6.04 Å². The molecule has 3 N–H and O–H groups in total. The van der Waals surface area contributed by atoms with E-state index in [1.165, 1.54) is 0 Å². The molecular formula is C32H50N4O3S. The molecule has 222 valence electrons. The molecule has 2 heterocycles. The van der Waals surface area contributed by atoms with Gasteiger partial charge in [-0.3, -0.25) is 9.59 Å². The summed E-state index contributed by atoms with van der Waals surface area (Å²) in [5, 5.41) is 17.1. The van der Waals surface area contributed by atoms with Crippen LogP contribution in [0.1, 0.15) is 85.9 Å². The largest absolute Gasteiger partial charge is 0.391 e. The first-order chi connectivity index (χ1) is 18.5. The summed E-state index contributed by atoms with van der Waals surface area (Å²) < 4.78 is 0. The van der Waals surface area contributed by atoms with Crippen LogP contribution in [0.3, 0.4) is 0 Å². The maximum Gasteiger partial charge on any atom is 0.243 e. The number of carbonyl (C=O) groups is 2. The fraction of sp³-hybridized carbons (Fsp3) is 0.656. The minimum absolute atomic E-state index is 0.00114. The topological polar surface area (TPSA) is 94.6 Å². The number of amides is 2. The first-order valence-corrected chi connectivity index (χ1v) is 15.4. The molecule has 3 rings (SSSR count). The standard InChI is InChI=1S/C32H50N4O3S/c1-10-31(6,7)18-32(8,9)19-34-27(30(3,4)5)29(39)36-17-24(37)15-25(36)28(38)33-16-22-11-13-23(14-12-22)26-21(2)35-20-40-26/h11-14,20,24-25,27,34,37H,10,15-19H2,1-9H3,(H,33,38)/t24-,25+,27-/m1/s1. The number of carbonyl (C=O) groups excluding carboxylic acids is 2. The third kappa shape index (κ3) is 8.37. The number of hydrogen-bond acceptors (Lipinski definition) is 6. The van der Waals surface area contributed by atoms with Crippen molar-refractivity contribution in [2.75, 3.05) is 13.1 Å². The molecule has 2 aromatic rings. The van der Waals surface area contributed by atoms with Crippen LogP contribution >= 0.6 is 11.3 Å². The summed E-state index contributed by atoms with van der Waals surface area (Å²) in [6.45, 7) is 20.6. The molecule has 8 heteroatoms. The van der Waals surface area contributed by atoms with Gasteiger partial charge in [0.2, 0.25) is 11.8 Å². The lowest BCUT2D eigenvalue weighted by Crippen LogP contribution is -2.57. The molecule has 0 bridgehead atoms. The Balaban J connectivity index is 1.67. The molecule has 1 saturated heterocycles. The van der Waals surface area contributed by atoms with Crippen LogP contribution in [-0.2, 0) is 16.1 Å². The zero-order valence-electron chi connectivity index (χ0n) is 25.9. The van der Waals surface area contributed by atoms with E-state index in [1.54, 1.807) is 16.2 Å². The third-order valence-electron chi connectivity index (χ3n) is 8.11. The van der Waals surface area contributed by atoms with E-state index in [0.717, 1.165) is 34.5 Å². The number of nitrogens with one attached hydrogen (secondary N) is 2. The minimum Gasteiger partial charge on any atom is -0.391 e. The van der Waals surface area contributed by atoms with Gasteiger partial charge in [-0.2, -0.15) is 0 Å². The van der Waals surface area contributed by atoms with Crippen LogP contribution in [-0.4, -0.2) is 58.1 Å². The van der Waals surface area contributed by atoms with Gasteiger partial charge in [-0.05, 0) is 40.7 Å². The smallest absolute Gasteiger partial charge is 0.243 e. The number of likely N-dealkylation sites (tertiary alicyclic amines) is 1. The van der Waals surface area contributed by atoms with E-state index in [0.29, 0.717) is 13.1 Å². The molecular weight excluding hydrogens is 520 g/mol. The highest BCUT2D eigenvalue weighted by Crippen LogP contribution is 2.36. The Hall–Kier alpha value is -2.29. The number of aryl methyl sites for hydroxylation is 1. The zero-order chi connectivity index (χ0) is 29.9. The van der Waals surface area contributed by atoms with Crippen molar-refractivity contribution in [2.24, 2.45) is 16.2 Å². The quantitative estimate of drug-likeness (QED) is 0.329. The van der Waals surface area contributed by atoms with Gasteiger partial charge in [0.25, 0.3) is 0 Å². The molecule has 2 amide bonds. The number of aliphatic hydroxyl groups excluding tert-OH is 1. The van der Waals surface area contributed by atoms with Gasteiger partial charge >= 0.3 is 0 Å². The van der Waals surface area contributed by atoms with Gasteiger partial charge < -0.3 is 20.6 Å². The summed E-state index contributed by atoms with van der Waals surface area (Å²) in [6.07, 6.45) is 1.65. The summed E-state index contributed by atoms with van der Waals surface area (Å²) >= 11 is 1.61. The van der Waals surface area contributed by atoms with Crippen LogP contribution < -0.4 is 10.6 Å². The van der Waals surface area contributed by atoms with Crippen LogP contribution in [0.25, 0.3) is 10.4 Å². The van der Waals surface area contributed by atoms with E-state index < -0.39 is 18.2 Å². The first kappa shape index (κ1) is 32.2. The van der Waals surface area contributed by atoms with Gasteiger partial charge in [-0.25, -0.2) is 4.98 Å². The molecule has 40 heavy (non-hydrogen) atoms. The van der Waals surface area contributed by atoms with Crippen molar-refractivity contribution < 1.29 is 14.7 Å². The molecule has 0 aliphatic carbocycles. The molecule has 1 aliphatic rings. The lowest BCUT2D eigenvalue weighted by molar-refractivity contribution is -0.142. The molecule has 3 atom stereocenters. The van der Waals surface area contributed by atoms with E-state index in [4.69, 9.17) is 0 Å². The molecule has 7 nitrogen and oxygen atoms in total. The van der Waals surface area contributed by atoms with Crippen molar-refractivity contribution in [1.29, 1.82) is 0 Å². The number of β-amino-alcohol motifs (C(OH)–C–C–N with tert-alkyl or cyclic N) is 1. The molecule has 1 aromatic carbocycles. The second-order valence-corrected chi connectivity index (χ2v) is 15.0. The van der Waals surface area contributed by atoms with E-state index in [1.807, 2.05) is 57.5 Å². The number of benzene rings is 1. The van der Waals surface area contributed by atoms with Gasteiger partial charge in [0.05, 0.1) is 28.2 Å². The Morgan fingerprint density at radius 2 is 1.75 bits per heavy atom. The van der Waals surface area contributed by atoms with Gasteiger partial charge in [-0.1, -0.05) is 86.1 Å². The number of hydrogen-bond donors (Lipinski definition) is 3. The molecule has 1 fully saturated rings. The van der Waals surface area contributed by atoms with E-state index in [9.17, 15) is 14.7 Å². The van der Waals surface area contributed by atoms with Crippen LogP contribution in [0.4, 0.5) is 0 Å². The highest BCUT2D eigenvalue weighted by Gasteiger charge is 2.44. The molecule has 0 saturated carbocycles. The maximum atomic E-state index is 13.9. The number of rotatable bonds is 11. The predicted octanol–water partition coefficient (Wildman–Crippen LogP) is 5.55. The highest BCUT2D eigenvalue weighted by molar-refractivity contribution is 7.13. The number of thiazole rings is 1. The fourth-order valence-electron chi connectivity index (χ4n) is 5.76. The number of nitrogens with zero attached hydrogens (tertiary/aromatic N) is 2. The fourth-order valence-corrected chi connectivity index (χ4v) is 6.57. The summed E-state index contributed by atoms with van der Waals surface area (Å²) in [4.78, 5) is 34.3. The van der Waals surface area contributed by atoms with Crippen LogP contribution in [0, 0.1) is 23.2 Å². The Morgan fingerprint density at radius 3 is 2.30 bits per heavy atom. The highest BCUT2D eigenvalue weighted by atomic mass is 32.1. The Bertz CT molecular complexity index is 1150. The molecule has 1 aromatic heterocycles. The van der Waals surface area contributed by atoms with Crippen LogP contribution in [0.15, 0.2) is 29.8 Å². The molecule has 0 radical (unpaired) electrons. The first-order valence-electron chi connectivity index (χ1n) is 14.5. The van der Waals surface area contributed by atoms with Crippen molar-refractivity contribution in [2.45, 2.75) is 106 Å².